The van der Waals surface area contributed by atoms with Gasteiger partial charge in [0.2, 0.25) is 0 Å². The van der Waals surface area contributed by atoms with Gasteiger partial charge in [-0.3, -0.25) is 0 Å². The van der Waals surface area contributed by atoms with Gasteiger partial charge in [-0.25, -0.2) is 0 Å². The molecule has 90 valence electrons. The monoisotopic (exact) mass is 277 g/mol. The number of fused-ring (bicyclic) bond motifs is 1. The highest BCUT2D eigenvalue weighted by Gasteiger charge is 2.25. The van der Waals surface area contributed by atoms with Gasteiger partial charge >= 0.3 is 0 Å². The zero-order valence-corrected chi connectivity index (χ0v) is 10.8. The first-order valence-electron chi connectivity index (χ1n) is 5.33. The summed E-state index contributed by atoms with van der Waals surface area (Å²) in [5, 5.41) is 13.2. The molecular weight excluding hydrogens is 270 g/mol. The number of para-hydroxylation sites is 1. The fourth-order valence-corrected chi connectivity index (χ4v) is 2.89. The van der Waals surface area contributed by atoms with E-state index in [2.05, 4.69) is 15.8 Å². The number of nitrogens with zero attached hydrogens (tertiary/aromatic N) is 2. The highest BCUT2D eigenvalue weighted by Crippen LogP contribution is 2.37. The van der Waals surface area contributed by atoms with E-state index < -0.39 is 0 Å². The largest absolute Gasteiger partial charge is 0.491 e. The number of rotatable bonds is 2. The van der Waals surface area contributed by atoms with Crippen LogP contribution in [0.15, 0.2) is 24.3 Å². The Morgan fingerprint density at radius 3 is 3.17 bits per heavy atom. The minimum Gasteiger partial charge on any atom is -0.491 e. The second-order valence-corrected chi connectivity index (χ2v) is 4.97. The Morgan fingerprint density at radius 1 is 1.50 bits per heavy atom. The lowest BCUT2D eigenvalue weighted by molar-refractivity contribution is 0.340. The van der Waals surface area contributed by atoms with Crippen LogP contribution in [0.25, 0.3) is 0 Å². The Balaban J connectivity index is 1.89. The number of halogens is 1. The van der Waals surface area contributed by atoms with E-state index in [1.54, 1.807) is 0 Å². The molecule has 1 N–H and O–H groups in total. The molecular formula is C12H8ClN3OS. The number of anilines is 1. The molecule has 0 radical (unpaired) electrons. The van der Waals surface area contributed by atoms with E-state index in [9.17, 15) is 0 Å². The van der Waals surface area contributed by atoms with Crippen molar-refractivity contribution in [3.63, 3.8) is 0 Å². The first kappa shape index (κ1) is 11.3. The van der Waals surface area contributed by atoms with Crippen molar-refractivity contribution in [3.8, 4) is 11.8 Å². The molecule has 2 heterocycles. The van der Waals surface area contributed by atoms with Gasteiger partial charge in [0, 0.05) is 5.56 Å². The fraction of sp³-hybridized carbons (Fsp3) is 0.167. The van der Waals surface area contributed by atoms with Crippen molar-refractivity contribution >= 4 is 28.1 Å². The molecule has 0 spiro atoms. The third-order valence-corrected chi connectivity index (χ3v) is 3.92. The van der Waals surface area contributed by atoms with E-state index in [1.165, 1.54) is 11.5 Å². The van der Waals surface area contributed by atoms with Crippen molar-refractivity contribution in [3.05, 3.63) is 40.5 Å². The van der Waals surface area contributed by atoms with Crippen molar-refractivity contribution in [2.45, 2.75) is 6.04 Å². The number of nitriles is 1. The van der Waals surface area contributed by atoms with Crippen molar-refractivity contribution in [2.24, 2.45) is 0 Å². The number of aromatic nitrogens is 1. The summed E-state index contributed by atoms with van der Waals surface area (Å²) in [5.74, 6) is 0.879. The van der Waals surface area contributed by atoms with E-state index in [1.807, 2.05) is 24.3 Å². The Labute approximate surface area is 113 Å². The highest BCUT2D eigenvalue weighted by molar-refractivity contribution is 7.10. The molecule has 0 fully saturated rings. The molecule has 3 rings (SSSR count). The van der Waals surface area contributed by atoms with Crippen LogP contribution in [0, 0.1) is 11.3 Å². The van der Waals surface area contributed by atoms with E-state index in [4.69, 9.17) is 21.6 Å². The van der Waals surface area contributed by atoms with Crippen LogP contribution in [0.5, 0.6) is 5.75 Å². The first-order chi connectivity index (χ1) is 8.79. The topological polar surface area (TPSA) is 57.9 Å². The Bertz CT molecular complexity index is 634. The molecule has 1 aromatic heterocycles. The molecule has 6 heteroatoms. The van der Waals surface area contributed by atoms with E-state index in [0.717, 1.165) is 11.3 Å². The summed E-state index contributed by atoms with van der Waals surface area (Å²) in [7, 11) is 0. The summed E-state index contributed by atoms with van der Waals surface area (Å²) in [6, 6.07) is 9.93. The molecule has 1 atom stereocenters. The van der Waals surface area contributed by atoms with Crippen molar-refractivity contribution < 1.29 is 4.74 Å². The second kappa shape index (κ2) is 4.48. The van der Waals surface area contributed by atoms with Crippen LogP contribution < -0.4 is 10.1 Å². The lowest BCUT2D eigenvalue weighted by atomic mass is 10.1. The fourth-order valence-electron chi connectivity index (χ4n) is 1.91. The Morgan fingerprint density at radius 2 is 2.33 bits per heavy atom. The molecule has 4 nitrogen and oxygen atoms in total. The second-order valence-electron chi connectivity index (χ2n) is 3.84. The average molecular weight is 278 g/mol. The summed E-state index contributed by atoms with van der Waals surface area (Å²) < 4.78 is 9.54. The standard InChI is InChI=1S/C12H8ClN3OS/c13-11-8(5-14)12(18-16-11)15-9-6-17-10-4-2-1-3-7(9)10/h1-4,9,15H,6H2. The van der Waals surface area contributed by atoms with Crippen molar-refractivity contribution in [1.82, 2.24) is 4.37 Å². The summed E-state index contributed by atoms with van der Waals surface area (Å²) in [6.07, 6.45) is 0. The maximum Gasteiger partial charge on any atom is 0.162 e. The number of nitrogens with one attached hydrogen (secondary N) is 1. The molecule has 2 aromatic rings. The third kappa shape index (κ3) is 1.80. The summed E-state index contributed by atoms with van der Waals surface area (Å²) in [5.41, 5.74) is 1.48. The van der Waals surface area contributed by atoms with Gasteiger partial charge in [-0.2, -0.15) is 9.64 Å². The van der Waals surface area contributed by atoms with E-state index in [0.29, 0.717) is 17.2 Å². The molecule has 18 heavy (non-hydrogen) atoms. The molecule has 1 unspecified atom stereocenters. The van der Waals surface area contributed by atoms with Crippen LogP contribution in [0.2, 0.25) is 5.15 Å². The average Bonchev–Trinajstić information content (AvgIpc) is 2.95. The Kier molecular flexibility index (Phi) is 2.82. The minimum atomic E-state index is 0.0322. The maximum absolute atomic E-state index is 9.02. The van der Waals surface area contributed by atoms with Crippen molar-refractivity contribution in [2.75, 3.05) is 11.9 Å². The molecule has 1 aliphatic heterocycles. The number of hydrogen-bond acceptors (Lipinski definition) is 5. The van der Waals surface area contributed by atoms with Gasteiger partial charge in [0.15, 0.2) is 5.15 Å². The Hall–Kier alpha value is -1.77. The number of hydrogen-bond donors (Lipinski definition) is 1. The van der Waals surface area contributed by atoms with Crippen LogP contribution in [-0.2, 0) is 0 Å². The van der Waals surface area contributed by atoms with Crippen LogP contribution in [0.4, 0.5) is 5.00 Å². The van der Waals surface area contributed by atoms with Gasteiger partial charge in [-0.05, 0) is 17.6 Å². The van der Waals surface area contributed by atoms with Gasteiger partial charge < -0.3 is 10.1 Å². The number of ether oxygens (including phenoxy) is 1. The van der Waals surface area contributed by atoms with Gasteiger partial charge in [-0.15, -0.1) is 0 Å². The third-order valence-electron chi connectivity index (χ3n) is 2.77. The molecule has 0 saturated heterocycles. The minimum absolute atomic E-state index is 0.0322. The molecule has 0 amide bonds. The van der Waals surface area contributed by atoms with Crippen LogP contribution in [-0.4, -0.2) is 11.0 Å². The van der Waals surface area contributed by atoms with Crippen molar-refractivity contribution in [1.29, 1.82) is 5.26 Å². The summed E-state index contributed by atoms with van der Waals surface area (Å²) in [6.45, 7) is 0.541. The first-order valence-corrected chi connectivity index (χ1v) is 6.48. The molecule has 0 saturated carbocycles. The lowest BCUT2D eigenvalue weighted by Crippen LogP contribution is -2.11. The zero-order chi connectivity index (χ0) is 12.5. The van der Waals surface area contributed by atoms with Gasteiger partial charge in [-0.1, -0.05) is 29.8 Å². The van der Waals surface area contributed by atoms with Gasteiger partial charge in [0.1, 0.15) is 29.0 Å². The van der Waals surface area contributed by atoms with Crippen LogP contribution in [0.1, 0.15) is 17.2 Å². The SMILES string of the molecule is N#Cc1c(Cl)nsc1NC1COc2ccccc21. The predicted molar refractivity (Wildman–Crippen MR) is 70.1 cm³/mol. The molecule has 1 aromatic carbocycles. The summed E-state index contributed by atoms with van der Waals surface area (Å²) >= 11 is 7.03. The van der Waals surface area contributed by atoms with Gasteiger partial charge in [0.05, 0.1) is 6.04 Å². The maximum atomic E-state index is 9.02. The normalized spacial score (nSPS) is 16.8. The number of benzene rings is 1. The smallest absolute Gasteiger partial charge is 0.162 e. The summed E-state index contributed by atoms with van der Waals surface area (Å²) in [4.78, 5) is 0. The van der Waals surface area contributed by atoms with E-state index in [-0.39, 0.29) is 11.2 Å². The zero-order valence-electron chi connectivity index (χ0n) is 9.18. The highest BCUT2D eigenvalue weighted by atomic mass is 35.5. The molecule has 0 aliphatic carbocycles. The predicted octanol–water partition coefficient (Wildman–Crippen LogP) is 3.21. The van der Waals surface area contributed by atoms with Gasteiger partial charge in [0.25, 0.3) is 0 Å². The van der Waals surface area contributed by atoms with Crippen LogP contribution in [0.3, 0.4) is 0 Å². The molecule has 1 aliphatic rings. The van der Waals surface area contributed by atoms with E-state index >= 15 is 0 Å². The molecule has 0 bridgehead atoms. The van der Waals surface area contributed by atoms with Crippen LogP contribution >= 0.6 is 23.1 Å². The lowest BCUT2D eigenvalue weighted by Gasteiger charge is -2.10. The quantitative estimate of drug-likeness (QED) is 0.916.